The molecule has 3 aromatic rings. The van der Waals surface area contributed by atoms with Crippen molar-refractivity contribution < 1.29 is 19.2 Å². The summed E-state index contributed by atoms with van der Waals surface area (Å²) in [6.45, 7) is 0.282. The van der Waals surface area contributed by atoms with Crippen LogP contribution in [0.4, 0.5) is 5.69 Å². The smallest absolute Gasteiger partial charge is 0.261 e. The number of imide groups is 1. The van der Waals surface area contributed by atoms with Crippen LogP contribution in [-0.2, 0) is 6.54 Å². The summed E-state index contributed by atoms with van der Waals surface area (Å²) in [4.78, 5) is 56.5. The number of nitrogens with zero attached hydrogens (tertiary/aromatic N) is 2. The van der Waals surface area contributed by atoms with Gasteiger partial charge in [-0.3, -0.25) is 29.1 Å². The SMILES string of the molecule is O=C(NCc1cccc(NC(=O)c2ccc3c(c2)C(=O)N(C2CCCCC2)C3=O)c1)c1cccnc1. The Morgan fingerprint density at radius 3 is 2.44 bits per heavy atom. The van der Waals surface area contributed by atoms with E-state index in [9.17, 15) is 19.2 Å². The summed E-state index contributed by atoms with van der Waals surface area (Å²) < 4.78 is 0. The number of anilines is 1. The van der Waals surface area contributed by atoms with Gasteiger partial charge >= 0.3 is 0 Å². The molecule has 2 heterocycles. The molecule has 1 aromatic heterocycles. The molecule has 1 fully saturated rings. The summed E-state index contributed by atoms with van der Waals surface area (Å²) in [7, 11) is 0. The Bertz CT molecular complexity index is 1330. The van der Waals surface area contributed by atoms with Crippen molar-refractivity contribution in [2.45, 2.75) is 44.7 Å². The second kappa shape index (κ2) is 10.1. The van der Waals surface area contributed by atoms with Crippen molar-refractivity contribution in [2.24, 2.45) is 0 Å². The number of hydrogen-bond donors (Lipinski definition) is 2. The number of benzene rings is 2. The zero-order chi connectivity index (χ0) is 25.1. The van der Waals surface area contributed by atoms with Crippen LogP contribution in [0.2, 0.25) is 0 Å². The first kappa shape index (κ1) is 23.4. The third-order valence-electron chi connectivity index (χ3n) is 6.68. The van der Waals surface area contributed by atoms with Gasteiger partial charge in [0, 0.05) is 36.2 Å². The lowest BCUT2D eigenvalue weighted by molar-refractivity contribution is 0.0548. The van der Waals surface area contributed by atoms with Crippen molar-refractivity contribution in [3.63, 3.8) is 0 Å². The topological polar surface area (TPSA) is 108 Å². The average Bonchev–Trinajstić information content (AvgIpc) is 3.17. The Balaban J connectivity index is 1.25. The zero-order valence-electron chi connectivity index (χ0n) is 19.7. The number of nitrogens with one attached hydrogen (secondary N) is 2. The third-order valence-corrected chi connectivity index (χ3v) is 6.68. The first-order chi connectivity index (χ1) is 17.5. The normalized spacial score (nSPS) is 15.5. The molecule has 0 bridgehead atoms. The van der Waals surface area contributed by atoms with Crippen LogP contribution in [-0.4, -0.2) is 39.6 Å². The van der Waals surface area contributed by atoms with Gasteiger partial charge < -0.3 is 10.6 Å². The zero-order valence-corrected chi connectivity index (χ0v) is 19.7. The van der Waals surface area contributed by atoms with Gasteiger partial charge in [-0.05, 0) is 60.9 Å². The molecule has 0 saturated heterocycles. The fraction of sp³-hybridized carbons (Fsp3) is 0.250. The van der Waals surface area contributed by atoms with Crippen LogP contribution >= 0.6 is 0 Å². The summed E-state index contributed by atoms with van der Waals surface area (Å²) in [6.07, 6.45) is 7.91. The molecule has 1 aliphatic carbocycles. The van der Waals surface area contributed by atoms with E-state index in [1.165, 1.54) is 17.2 Å². The van der Waals surface area contributed by atoms with E-state index in [1.807, 2.05) is 6.07 Å². The van der Waals surface area contributed by atoms with Gasteiger partial charge in [0.05, 0.1) is 16.7 Å². The maximum absolute atomic E-state index is 13.0. The van der Waals surface area contributed by atoms with Crippen molar-refractivity contribution in [2.75, 3.05) is 5.32 Å². The number of carbonyl (C=O) groups excluding carboxylic acids is 4. The number of amides is 4. The van der Waals surface area contributed by atoms with E-state index in [4.69, 9.17) is 0 Å². The predicted molar refractivity (Wildman–Crippen MR) is 134 cm³/mol. The highest BCUT2D eigenvalue weighted by atomic mass is 16.2. The number of rotatable bonds is 6. The van der Waals surface area contributed by atoms with E-state index in [0.29, 0.717) is 22.4 Å². The maximum Gasteiger partial charge on any atom is 0.261 e. The molecular formula is C28H26N4O4. The van der Waals surface area contributed by atoms with E-state index in [1.54, 1.807) is 48.7 Å². The van der Waals surface area contributed by atoms with Crippen LogP contribution in [0.15, 0.2) is 67.0 Å². The van der Waals surface area contributed by atoms with Gasteiger partial charge in [0.2, 0.25) is 0 Å². The first-order valence-electron chi connectivity index (χ1n) is 12.1. The molecule has 5 rings (SSSR count). The van der Waals surface area contributed by atoms with E-state index >= 15 is 0 Å². The van der Waals surface area contributed by atoms with E-state index < -0.39 is 0 Å². The molecule has 0 unspecified atom stereocenters. The van der Waals surface area contributed by atoms with Crippen molar-refractivity contribution in [3.8, 4) is 0 Å². The summed E-state index contributed by atoms with van der Waals surface area (Å²) in [5, 5.41) is 5.67. The molecule has 36 heavy (non-hydrogen) atoms. The molecular weight excluding hydrogens is 456 g/mol. The van der Waals surface area contributed by atoms with Crippen molar-refractivity contribution in [3.05, 3.63) is 94.8 Å². The minimum atomic E-state index is -0.384. The lowest BCUT2D eigenvalue weighted by Gasteiger charge is -2.29. The van der Waals surface area contributed by atoms with Crippen molar-refractivity contribution in [1.82, 2.24) is 15.2 Å². The molecule has 8 heteroatoms. The predicted octanol–water partition coefficient (Wildman–Crippen LogP) is 4.19. The fourth-order valence-electron chi connectivity index (χ4n) is 4.82. The second-order valence-corrected chi connectivity index (χ2v) is 9.11. The van der Waals surface area contributed by atoms with Crippen molar-refractivity contribution >= 4 is 29.3 Å². The maximum atomic E-state index is 13.0. The highest BCUT2D eigenvalue weighted by Gasteiger charge is 2.40. The van der Waals surface area contributed by atoms with E-state index in [2.05, 4.69) is 15.6 Å². The second-order valence-electron chi connectivity index (χ2n) is 9.11. The monoisotopic (exact) mass is 482 g/mol. The summed E-state index contributed by atoms with van der Waals surface area (Å²) >= 11 is 0. The number of fused-ring (bicyclic) bond motifs is 1. The molecule has 2 N–H and O–H groups in total. The van der Waals surface area contributed by atoms with Gasteiger partial charge in [-0.15, -0.1) is 0 Å². The minimum Gasteiger partial charge on any atom is -0.348 e. The quantitative estimate of drug-likeness (QED) is 0.512. The van der Waals surface area contributed by atoms with Gasteiger partial charge in [-0.25, -0.2) is 0 Å². The molecule has 8 nitrogen and oxygen atoms in total. The Kier molecular flexibility index (Phi) is 6.58. The highest BCUT2D eigenvalue weighted by molar-refractivity contribution is 6.22. The molecule has 182 valence electrons. The molecule has 1 aliphatic heterocycles. The summed E-state index contributed by atoms with van der Waals surface area (Å²) in [6, 6.07) is 15.1. The Labute approximate surface area is 208 Å². The van der Waals surface area contributed by atoms with Gasteiger partial charge in [-0.2, -0.15) is 0 Å². The lowest BCUT2D eigenvalue weighted by atomic mass is 9.94. The van der Waals surface area contributed by atoms with Crippen LogP contribution in [0.1, 0.15) is 79.1 Å². The van der Waals surface area contributed by atoms with Crippen molar-refractivity contribution in [1.29, 1.82) is 0 Å². The van der Waals surface area contributed by atoms with Crippen LogP contribution < -0.4 is 10.6 Å². The number of carbonyl (C=O) groups is 4. The molecule has 2 aromatic carbocycles. The van der Waals surface area contributed by atoms with Gasteiger partial charge in [0.1, 0.15) is 0 Å². The van der Waals surface area contributed by atoms with Crippen LogP contribution in [0, 0.1) is 0 Å². The van der Waals surface area contributed by atoms with Gasteiger partial charge in [0.15, 0.2) is 0 Å². The largest absolute Gasteiger partial charge is 0.348 e. The van der Waals surface area contributed by atoms with Crippen LogP contribution in [0.3, 0.4) is 0 Å². The molecule has 4 amide bonds. The minimum absolute atomic E-state index is 0.0650. The molecule has 0 spiro atoms. The fourth-order valence-corrected chi connectivity index (χ4v) is 4.82. The number of aromatic nitrogens is 1. The first-order valence-corrected chi connectivity index (χ1v) is 12.1. The Morgan fingerprint density at radius 1 is 0.861 bits per heavy atom. The van der Waals surface area contributed by atoms with E-state index in [-0.39, 0.29) is 41.8 Å². The Morgan fingerprint density at radius 2 is 1.67 bits per heavy atom. The van der Waals surface area contributed by atoms with E-state index in [0.717, 1.165) is 37.7 Å². The average molecular weight is 483 g/mol. The number of pyridine rings is 1. The highest BCUT2D eigenvalue weighted by Crippen LogP contribution is 2.31. The summed E-state index contributed by atoms with van der Waals surface area (Å²) in [5.41, 5.74) is 2.77. The number of hydrogen-bond acceptors (Lipinski definition) is 5. The lowest BCUT2D eigenvalue weighted by Crippen LogP contribution is -2.40. The molecule has 0 radical (unpaired) electrons. The van der Waals surface area contributed by atoms with Gasteiger partial charge in [-0.1, -0.05) is 31.4 Å². The summed E-state index contributed by atoms with van der Waals surface area (Å²) in [5.74, 6) is -1.21. The molecule has 1 saturated carbocycles. The van der Waals surface area contributed by atoms with Crippen LogP contribution in [0.25, 0.3) is 0 Å². The molecule has 2 aliphatic rings. The standard InChI is InChI=1S/C28H26N4O4/c33-25(20-7-5-13-29-17-20)30-16-18-6-4-8-21(14-18)31-26(34)19-11-12-23-24(15-19)28(36)32(27(23)35)22-9-2-1-3-10-22/h4-8,11-15,17,22H,1-3,9-10,16H2,(H,30,33)(H,31,34). The Hall–Kier alpha value is -4.33. The van der Waals surface area contributed by atoms with Crippen LogP contribution in [0.5, 0.6) is 0 Å². The molecule has 0 atom stereocenters. The third kappa shape index (κ3) is 4.75. The van der Waals surface area contributed by atoms with Gasteiger partial charge in [0.25, 0.3) is 23.6 Å².